The van der Waals surface area contributed by atoms with Crippen LogP contribution in [0.4, 0.5) is 0 Å². The van der Waals surface area contributed by atoms with Crippen LogP contribution in [0, 0.1) is 5.92 Å². The summed E-state index contributed by atoms with van der Waals surface area (Å²) in [7, 11) is 1.86. The van der Waals surface area contributed by atoms with Crippen molar-refractivity contribution in [1.29, 1.82) is 0 Å². The molecule has 0 bridgehead atoms. The maximum atomic E-state index is 5.48. The molecule has 0 aromatic heterocycles. The Hall–Kier alpha value is -0.0400. The van der Waals surface area contributed by atoms with Gasteiger partial charge in [-0.2, -0.15) is 0 Å². The molecule has 1 nitrogen and oxygen atoms in total. The van der Waals surface area contributed by atoms with Gasteiger partial charge in [-0.05, 0) is 18.8 Å². The van der Waals surface area contributed by atoms with E-state index in [1.165, 1.54) is 51.4 Å². The first-order valence-corrected chi connectivity index (χ1v) is 6.73. The van der Waals surface area contributed by atoms with E-state index >= 15 is 0 Å². The first kappa shape index (κ1) is 15.0. The third-order valence-corrected chi connectivity index (χ3v) is 3.02. The maximum Gasteiger partial charge on any atom is 0.0571 e. The minimum absolute atomic E-state index is 0.518. The summed E-state index contributed by atoms with van der Waals surface area (Å²) in [5.74, 6) is 0.864. The van der Waals surface area contributed by atoms with Crippen LogP contribution in [-0.2, 0) is 4.74 Å². The van der Waals surface area contributed by atoms with Crippen LogP contribution in [-0.4, -0.2) is 13.2 Å². The topological polar surface area (TPSA) is 9.23 Å². The number of unbranched alkanes of at least 4 members (excludes halogenated alkanes) is 3. The van der Waals surface area contributed by atoms with Gasteiger partial charge in [-0.3, -0.25) is 0 Å². The van der Waals surface area contributed by atoms with E-state index in [2.05, 4.69) is 20.8 Å². The van der Waals surface area contributed by atoms with Gasteiger partial charge in [-0.1, -0.05) is 59.3 Å². The Labute approximate surface area is 96.6 Å². The van der Waals surface area contributed by atoms with Crippen LogP contribution >= 0.6 is 0 Å². The number of rotatable bonds is 10. The van der Waals surface area contributed by atoms with Crippen molar-refractivity contribution in [2.45, 2.75) is 78.2 Å². The number of hydrogen-bond acceptors (Lipinski definition) is 1. The minimum Gasteiger partial charge on any atom is -0.381 e. The van der Waals surface area contributed by atoms with Gasteiger partial charge in [0.2, 0.25) is 0 Å². The highest BCUT2D eigenvalue weighted by Crippen LogP contribution is 2.14. The zero-order chi connectivity index (χ0) is 11.5. The lowest BCUT2D eigenvalue weighted by Crippen LogP contribution is -2.10. The molecule has 0 aliphatic rings. The van der Waals surface area contributed by atoms with Crippen LogP contribution in [0.15, 0.2) is 0 Å². The molecule has 0 unspecified atom stereocenters. The molecule has 0 rings (SSSR count). The first-order chi connectivity index (χ1) is 7.20. The second kappa shape index (κ2) is 10.5. The SMILES string of the molecule is CCCC[C@H](CCCCCC(C)C)OC. The largest absolute Gasteiger partial charge is 0.381 e. The van der Waals surface area contributed by atoms with E-state index in [0.717, 1.165) is 5.92 Å². The van der Waals surface area contributed by atoms with E-state index in [1.54, 1.807) is 0 Å². The summed E-state index contributed by atoms with van der Waals surface area (Å²) in [5.41, 5.74) is 0. The Balaban J connectivity index is 3.30. The van der Waals surface area contributed by atoms with Gasteiger partial charge in [-0.25, -0.2) is 0 Å². The highest BCUT2D eigenvalue weighted by Gasteiger charge is 2.05. The zero-order valence-corrected chi connectivity index (χ0v) is 11.2. The van der Waals surface area contributed by atoms with E-state index < -0.39 is 0 Å². The summed E-state index contributed by atoms with van der Waals surface area (Å²) >= 11 is 0. The zero-order valence-electron chi connectivity index (χ0n) is 11.2. The van der Waals surface area contributed by atoms with Crippen LogP contribution in [0.2, 0.25) is 0 Å². The van der Waals surface area contributed by atoms with E-state index in [-0.39, 0.29) is 0 Å². The van der Waals surface area contributed by atoms with Gasteiger partial charge < -0.3 is 4.74 Å². The molecule has 0 saturated carbocycles. The van der Waals surface area contributed by atoms with Crippen molar-refractivity contribution in [1.82, 2.24) is 0 Å². The Kier molecular flexibility index (Phi) is 10.4. The van der Waals surface area contributed by atoms with Gasteiger partial charge in [0, 0.05) is 7.11 Å². The minimum atomic E-state index is 0.518. The number of ether oxygens (including phenoxy) is 1. The molecule has 0 fully saturated rings. The van der Waals surface area contributed by atoms with Crippen molar-refractivity contribution < 1.29 is 4.74 Å². The molecule has 92 valence electrons. The Morgan fingerprint density at radius 3 is 2.00 bits per heavy atom. The van der Waals surface area contributed by atoms with E-state index in [9.17, 15) is 0 Å². The Morgan fingerprint density at radius 2 is 1.47 bits per heavy atom. The van der Waals surface area contributed by atoms with Crippen molar-refractivity contribution in [2.75, 3.05) is 7.11 Å². The molecule has 0 amide bonds. The lowest BCUT2D eigenvalue weighted by Gasteiger charge is -2.14. The molecular weight excluding hydrogens is 184 g/mol. The summed E-state index contributed by atoms with van der Waals surface area (Å²) in [6, 6.07) is 0. The molecule has 1 atom stereocenters. The summed E-state index contributed by atoms with van der Waals surface area (Å²) < 4.78 is 5.48. The van der Waals surface area contributed by atoms with Crippen molar-refractivity contribution in [3.8, 4) is 0 Å². The fourth-order valence-electron chi connectivity index (χ4n) is 1.91. The lowest BCUT2D eigenvalue weighted by atomic mass is 10.0. The van der Waals surface area contributed by atoms with Crippen LogP contribution in [0.1, 0.15) is 72.1 Å². The summed E-state index contributed by atoms with van der Waals surface area (Å²) in [4.78, 5) is 0. The average Bonchev–Trinajstić information content (AvgIpc) is 2.21. The highest BCUT2D eigenvalue weighted by atomic mass is 16.5. The molecule has 0 aliphatic carbocycles. The molecule has 15 heavy (non-hydrogen) atoms. The quantitative estimate of drug-likeness (QED) is 0.475. The third-order valence-electron chi connectivity index (χ3n) is 3.02. The van der Waals surface area contributed by atoms with Crippen LogP contribution in [0.5, 0.6) is 0 Å². The summed E-state index contributed by atoms with van der Waals surface area (Å²) in [5, 5.41) is 0. The van der Waals surface area contributed by atoms with Crippen molar-refractivity contribution >= 4 is 0 Å². The van der Waals surface area contributed by atoms with Gasteiger partial charge in [0.05, 0.1) is 6.10 Å². The van der Waals surface area contributed by atoms with Crippen molar-refractivity contribution in [3.63, 3.8) is 0 Å². The normalized spacial score (nSPS) is 13.4. The second-order valence-corrected chi connectivity index (χ2v) is 5.03. The van der Waals surface area contributed by atoms with Crippen LogP contribution < -0.4 is 0 Å². The smallest absolute Gasteiger partial charge is 0.0571 e. The average molecular weight is 214 g/mol. The third kappa shape index (κ3) is 10.2. The van der Waals surface area contributed by atoms with Crippen molar-refractivity contribution in [3.05, 3.63) is 0 Å². The first-order valence-electron chi connectivity index (χ1n) is 6.73. The molecule has 0 heterocycles. The van der Waals surface area contributed by atoms with E-state index in [4.69, 9.17) is 4.74 Å². The van der Waals surface area contributed by atoms with Gasteiger partial charge in [0.1, 0.15) is 0 Å². The van der Waals surface area contributed by atoms with Gasteiger partial charge in [0.15, 0.2) is 0 Å². The van der Waals surface area contributed by atoms with Gasteiger partial charge in [-0.15, -0.1) is 0 Å². The maximum absolute atomic E-state index is 5.48. The Morgan fingerprint density at radius 1 is 0.867 bits per heavy atom. The predicted molar refractivity (Wildman–Crippen MR) is 68.2 cm³/mol. The lowest BCUT2D eigenvalue weighted by molar-refractivity contribution is 0.0836. The molecule has 0 N–H and O–H groups in total. The standard InChI is InChI=1S/C14H30O/c1-5-6-11-14(15-4)12-9-7-8-10-13(2)3/h13-14H,5-12H2,1-4H3/t14-/m1/s1. The van der Waals surface area contributed by atoms with E-state index in [1.807, 2.05) is 7.11 Å². The molecule has 0 aromatic carbocycles. The fourth-order valence-corrected chi connectivity index (χ4v) is 1.91. The summed E-state index contributed by atoms with van der Waals surface area (Å²) in [6.07, 6.45) is 11.1. The van der Waals surface area contributed by atoms with Crippen LogP contribution in [0.25, 0.3) is 0 Å². The number of methoxy groups -OCH3 is 1. The summed E-state index contributed by atoms with van der Waals surface area (Å²) in [6.45, 7) is 6.85. The molecule has 1 heteroatoms. The van der Waals surface area contributed by atoms with Crippen molar-refractivity contribution in [2.24, 2.45) is 5.92 Å². The second-order valence-electron chi connectivity index (χ2n) is 5.03. The highest BCUT2D eigenvalue weighted by molar-refractivity contribution is 4.58. The van der Waals surface area contributed by atoms with E-state index in [0.29, 0.717) is 6.10 Å². The van der Waals surface area contributed by atoms with Gasteiger partial charge >= 0.3 is 0 Å². The number of hydrogen-bond donors (Lipinski definition) is 0. The van der Waals surface area contributed by atoms with Crippen LogP contribution in [0.3, 0.4) is 0 Å². The monoisotopic (exact) mass is 214 g/mol. The molecule has 0 aliphatic heterocycles. The molecule has 0 spiro atoms. The predicted octanol–water partition coefficient (Wildman–Crippen LogP) is 4.80. The molecule has 0 aromatic rings. The Bertz CT molecular complexity index is 121. The molecule has 0 radical (unpaired) electrons. The fraction of sp³-hybridized carbons (Fsp3) is 1.00. The molecular formula is C14H30O. The molecule has 0 saturated heterocycles. The van der Waals surface area contributed by atoms with Gasteiger partial charge in [0.25, 0.3) is 0 Å².